The van der Waals surface area contributed by atoms with E-state index in [-0.39, 0.29) is 11.9 Å². The molecule has 2 atom stereocenters. The average Bonchev–Trinajstić information content (AvgIpc) is 2.62. The highest BCUT2D eigenvalue weighted by Crippen LogP contribution is 2.27. The highest BCUT2D eigenvalue weighted by Gasteiger charge is 2.31. The first-order valence-corrected chi connectivity index (χ1v) is 4.55. The van der Waals surface area contributed by atoms with Gasteiger partial charge >= 0.3 is 11.9 Å². The highest BCUT2D eigenvalue weighted by molar-refractivity contribution is 5.72. The fraction of sp³-hybridized carbons (Fsp3) is 0.778. The lowest BCUT2D eigenvalue weighted by molar-refractivity contribution is -0.138. The zero-order valence-corrected chi connectivity index (χ0v) is 7.32. The molecule has 2 rings (SSSR count). The van der Waals surface area contributed by atoms with Gasteiger partial charge in [0.25, 0.3) is 0 Å². The van der Waals surface area contributed by atoms with E-state index in [1.54, 1.807) is 0 Å². The molecule has 0 spiro atoms. The summed E-state index contributed by atoms with van der Waals surface area (Å²) in [6.07, 6.45) is 1.88. The number of hydrogen-bond acceptors (Lipinski definition) is 4. The standard InChI is InChI=1S/C9H12O4/c10-8-2-6(4-12-8)1-7-3-9(11)13-5-7/h6-7H,1-5H2. The molecular formula is C9H12O4. The van der Waals surface area contributed by atoms with Crippen molar-refractivity contribution in [2.45, 2.75) is 19.3 Å². The van der Waals surface area contributed by atoms with Gasteiger partial charge in [-0.1, -0.05) is 0 Å². The molecule has 2 fully saturated rings. The molecule has 0 aromatic heterocycles. The molecular weight excluding hydrogens is 172 g/mol. The van der Waals surface area contributed by atoms with E-state index in [1.807, 2.05) is 0 Å². The SMILES string of the molecule is O=C1CC(CC2COC(=O)C2)CO1. The molecule has 72 valence electrons. The van der Waals surface area contributed by atoms with Crippen LogP contribution in [-0.2, 0) is 19.1 Å². The number of esters is 2. The summed E-state index contributed by atoms with van der Waals surface area (Å²) in [5, 5.41) is 0. The first kappa shape index (κ1) is 8.53. The van der Waals surface area contributed by atoms with Crippen molar-refractivity contribution in [3.05, 3.63) is 0 Å². The smallest absolute Gasteiger partial charge is 0.306 e. The van der Waals surface area contributed by atoms with Crippen LogP contribution in [0.5, 0.6) is 0 Å². The Morgan fingerprint density at radius 3 is 1.77 bits per heavy atom. The van der Waals surface area contributed by atoms with E-state index in [0.717, 1.165) is 6.42 Å². The number of hydrogen-bond donors (Lipinski definition) is 0. The fourth-order valence-corrected chi connectivity index (χ4v) is 1.90. The highest BCUT2D eigenvalue weighted by atomic mass is 16.5. The zero-order valence-electron chi connectivity index (χ0n) is 7.32. The Morgan fingerprint density at radius 2 is 1.46 bits per heavy atom. The van der Waals surface area contributed by atoms with Crippen molar-refractivity contribution in [3.63, 3.8) is 0 Å². The normalized spacial score (nSPS) is 33.2. The second-order valence-electron chi connectivity index (χ2n) is 3.74. The van der Waals surface area contributed by atoms with Crippen LogP contribution in [-0.4, -0.2) is 25.2 Å². The van der Waals surface area contributed by atoms with Gasteiger partial charge in [0.15, 0.2) is 0 Å². The van der Waals surface area contributed by atoms with Crippen molar-refractivity contribution in [1.29, 1.82) is 0 Å². The van der Waals surface area contributed by atoms with Gasteiger partial charge in [0.05, 0.1) is 26.1 Å². The predicted molar refractivity (Wildman–Crippen MR) is 42.7 cm³/mol. The zero-order chi connectivity index (χ0) is 9.26. The maximum absolute atomic E-state index is 10.8. The van der Waals surface area contributed by atoms with Crippen molar-refractivity contribution in [2.75, 3.05) is 13.2 Å². The van der Waals surface area contributed by atoms with Gasteiger partial charge in [-0.15, -0.1) is 0 Å². The molecule has 0 bridgehead atoms. The first-order valence-electron chi connectivity index (χ1n) is 4.55. The molecule has 0 amide bonds. The van der Waals surface area contributed by atoms with Gasteiger partial charge in [-0.25, -0.2) is 0 Å². The van der Waals surface area contributed by atoms with Crippen molar-refractivity contribution in [2.24, 2.45) is 11.8 Å². The Kier molecular flexibility index (Phi) is 2.20. The van der Waals surface area contributed by atoms with Crippen LogP contribution < -0.4 is 0 Å². The van der Waals surface area contributed by atoms with Gasteiger partial charge in [0, 0.05) is 11.8 Å². The summed E-state index contributed by atoms with van der Waals surface area (Å²) in [5.74, 6) is 0.365. The van der Waals surface area contributed by atoms with Crippen LogP contribution in [0.3, 0.4) is 0 Å². The van der Waals surface area contributed by atoms with Crippen molar-refractivity contribution < 1.29 is 19.1 Å². The Morgan fingerprint density at radius 1 is 1.00 bits per heavy atom. The summed E-state index contributed by atoms with van der Waals surface area (Å²) in [4.78, 5) is 21.5. The third-order valence-corrected chi connectivity index (χ3v) is 2.54. The third-order valence-electron chi connectivity index (χ3n) is 2.54. The fourth-order valence-electron chi connectivity index (χ4n) is 1.90. The molecule has 2 heterocycles. The van der Waals surface area contributed by atoms with Crippen LogP contribution in [0.1, 0.15) is 19.3 Å². The van der Waals surface area contributed by atoms with Crippen LogP contribution in [0, 0.1) is 11.8 Å². The second kappa shape index (κ2) is 3.36. The Labute approximate surface area is 76.2 Å². The quantitative estimate of drug-likeness (QED) is 0.586. The molecule has 4 nitrogen and oxygen atoms in total. The van der Waals surface area contributed by atoms with E-state index in [1.165, 1.54) is 0 Å². The third kappa shape index (κ3) is 1.99. The molecule has 0 aliphatic carbocycles. The molecule has 0 radical (unpaired) electrons. The Balaban J connectivity index is 1.78. The van der Waals surface area contributed by atoms with Crippen LogP contribution >= 0.6 is 0 Å². The van der Waals surface area contributed by atoms with Gasteiger partial charge in [-0.05, 0) is 6.42 Å². The van der Waals surface area contributed by atoms with Crippen LogP contribution in [0.4, 0.5) is 0 Å². The van der Waals surface area contributed by atoms with Crippen LogP contribution in [0.15, 0.2) is 0 Å². The predicted octanol–water partition coefficient (Wildman–Crippen LogP) is 0.503. The summed E-state index contributed by atoms with van der Waals surface area (Å²) in [7, 11) is 0. The van der Waals surface area contributed by atoms with Crippen molar-refractivity contribution >= 4 is 11.9 Å². The number of carbonyl (C=O) groups excluding carboxylic acids is 2. The summed E-state index contributed by atoms with van der Waals surface area (Å²) in [6, 6.07) is 0. The minimum absolute atomic E-state index is 0.116. The minimum Gasteiger partial charge on any atom is -0.465 e. The molecule has 2 saturated heterocycles. The van der Waals surface area contributed by atoms with E-state index < -0.39 is 0 Å². The largest absolute Gasteiger partial charge is 0.465 e. The van der Waals surface area contributed by atoms with Crippen LogP contribution in [0.25, 0.3) is 0 Å². The molecule has 2 unspecified atom stereocenters. The molecule has 0 aromatic rings. The van der Waals surface area contributed by atoms with E-state index in [9.17, 15) is 9.59 Å². The summed E-state index contributed by atoms with van der Waals surface area (Å²) in [5.41, 5.74) is 0. The average molecular weight is 184 g/mol. The lowest BCUT2D eigenvalue weighted by Gasteiger charge is -2.09. The molecule has 13 heavy (non-hydrogen) atoms. The van der Waals surface area contributed by atoms with Gasteiger partial charge in [0.1, 0.15) is 0 Å². The lowest BCUT2D eigenvalue weighted by atomic mass is 9.93. The van der Waals surface area contributed by atoms with E-state index in [2.05, 4.69) is 0 Å². The summed E-state index contributed by atoms with van der Waals surface area (Å²) >= 11 is 0. The monoisotopic (exact) mass is 184 g/mol. The van der Waals surface area contributed by atoms with E-state index >= 15 is 0 Å². The molecule has 0 saturated carbocycles. The molecule has 4 heteroatoms. The number of ether oxygens (including phenoxy) is 2. The van der Waals surface area contributed by atoms with Gasteiger partial charge in [-0.3, -0.25) is 9.59 Å². The minimum atomic E-state index is -0.116. The van der Waals surface area contributed by atoms with E-state index in [0.29, 0.717) is 37.9 Å². The molecule has 0 aromatic carbocycles. The topological polar surface area (TPSA) is 52.6 Å². The molecule has 2 aliphatic heterocycles. The summed E-state index contributed by atoms with van der Waals surface area (Å²) in [6.45, 7) is 1.03. The maximum Gasteiger partial charge on any atom is 0.306 e. The molecule has 0 N–H and O–H groups in total. The van der Waals surface area contributed by atoms with Crippen LogP contribution in [0.2, 0.25) is 0 Å². The van der Waals surface area contributed by atoms with Gasteiger partial charge in [-0.2, -0.15) is 0 Å². The first-order chi connectivity index (χ1) is 6.24. The summed E-state index contributed by atoms with van der Waals surface area (Å²) < 4.78 is 9.68. The number of cyclic esters (lactones) is 2. The Bertz CT molecular complexity index is 212. The second-order valence-corrected chi connectivity index (χ2v) is 3.74. The van der Waals surface area contributed by atoms with E-state index in [4.69, 9.17) is 9.47 Å². The lowest BCUT2D eigenvalue weighted by Crippen LogP contribution is -2.08. The number of carbonyl (C=O) groups is 2. The Hall–Kier alpha value is -1.06. The number of rotatable bonds is 2. The van der Waals surface area contributed by atoms with Crippen molar-refractivity contribution in [3.8, 4) is 0 Å². The molecule has 2 aliphatic rings. The van der Waals surface area contributed by atoms with Gasteiger partial charge < -0.3 is 9.47 Å². The van der Waals surface area contributed by atoms with Crippen molar-refractivity contribution in [1.82, 2.24) is 0 Å². The van der Waals surface area contributed by atoms with Gasteiger partial charge in [0.2, 0.25) is 0 Å². The maximum atomic E-state index is 10.8.